The van der Waals surface area contributed by atoms with Crippen LogP contribution >= 0.6 is 0 Å². The summed E-state index contributed by atoms with van der Waals surface area (Å²) >= 11 is 0. The molecule has 0 saturated heterocycles. The largest absolute Gasteiger partial charge is 0.453 e. The Balaban J connectivity index is 1.98. The quantitative estimate of drug-likeness (QED) is 0.610. The minimum atomic E-state index is -0.205. The van der Waals surface area contributed by atoms with Crippen LogP contribution < -0.4 is 10.4 Å². The van der Waals surface area contributed by atoms with E-state index < -0.39 is 0 Å². The fourth-order valence-corrected chi connectivity index (χ4v) is 3.16. The fraction of sp³-hybridized carbons (Fsp3) is 0.211. The second-order valence-electron chi connectivity index (χ2n) is 6.25. The molecule has 0 saturated carbocycles. The minimum absolute atomic E-state index is 0.205. The number of imidazole rings is 1. The van der Waals surface area contributed by atoms with Gasteiger partial charge in [0.25, 0.3) is 0 Å². The minimum Gasteiger partial charge on any atom is -0.453 e. The highest BCUT2D eigenvalue weighted by Gasteiger charge is 2.18. The molecule has 0 atom stereocenters. The molecule has 0 aliphatic rings. The number of benzene rings is 1. The molecule has 1 N–H and O–H groups in total. The maximum Gasteiger partial charge on any atom is 0.326 e. The third-order valence-electron chi connectivity index (χ3n) is 4.46. The zero-order valence-corrected chi connectivity index (χ0v) is 15.0. The predicted octanol–water partition coefficient (Wildman–Crippen LogP) is 3.63. The lowest BCUT2D eigenvalue weighted by Gasteiger charge is -2.12. The van der Waals surface area contributed by atoms with Crippen LogP contribution in [0.4, 0.5) is 0 Å². The van der Waals surface area contributed by atoms with Gasteiger partial charge in [-0.2, -0.15) is 0 Å². The molecule has 26 heavy (non-hydrogen) atoms. The second-order valence-corrected chi connectivity index (χ2v) is 6.25. The first-order valence-corrected chi connectivity index (χ1v) is 8.21. The highest BCUT2D eigenvalue weighted by molar-refractivity contribution is 5.88. The van der Waals surface area contributed by atoms with Gasteiger partial charge in [-0.05, 0) is 50.6 Å². The van der Waals surface area contributed by atoms with Crippen molar-refractivity contribution in [2.45, 2.75) is 20.8 Å². The van der Waals surface area contributed by atoms with Gasteiger partial charge in [-0.1, -0.05) is 5.16 Å². The molecule has 0 spiro atoms. The van der Waals surface area contributed by atoms with E-state index >= 15 is 0 Å². The Morgan fingerprint density at radius 3 is 2.65 bits per heavy atom. The van der Waals surface area contributed by atoms with Crippen LogP contribution in [0.2, 0.25) is 0 Å². The number of aromatic amines is 1. The van der Waals surface area contributed by atoms with Gasteiger partial charge in [0.05, 0.1) is 16.9 Å². The van der Waals surface area contributed by atoms with Gasteiger partial charge < -0.3 is 14.2 Å². The normalized spacial score (nSPS) is 11.2. The van der Waals surface area contributed by atoms with E-state index in [0.717, 1.165) is 22.5 Å². The van der Waals surface area contributed by atoms with Gasteiger partial charge in [0.2, 0.25) is 0 Å². The average molecular weight is 350 g/mol. The summed E-state index contributed by atoms with van der Waals surface area (Å²) in [7, 11) is 1.71. The highest BCUT2D eigenvalue weighted by atomic mass is 16.5. The maximum atomic E-state index is 12.2. The summed E-state index contributed by atoms with van der Waals surface area (Å²) in [5, 5.41) is 4.02. The number of ether oxygens (including phenoxy) is 1. The highest BCUT2D eigenvalue weighted by Crippen LogP contribution is 2.36. The number of rotatable bonds is 3. The van der Waals surface area contributed by atoms with Crippen molar-refractivity contribution in [3.05, 3.63) is 58.1 Å². The Hall–Kier alpha value is -3.35. The Kier molecular flexibility index (Phi) is 3.64. The number of pyridine rings is 1. The Labute approximate surface area is 149 Å². The van der Waals surface area contributed by atoms with E-state index in [1.165, 1.54) is 4.57 Å². The topological polar surface area (TPSA) is 85.9 Å². The molecule has 4 aromatic rings. The predicted molar refractivity (Wildman–Crippen MR) is 97.6 cm³/mol. The smallest absolute Gasteiger partial charge is 0.326 e. The van der Waals surface area contributed by atoms with E-state index in [1.54, 1.807) is 13.2 Å². The molecule has 7 heteroatoms. The lowest BCUT2D eigenvalue weighted by Crippen LogP contribution is -2.12. The number of H-pyrrole nitrogens is 1. The van der Waals surface area contributed by atoms with Crippen molar-refractivity contribution in [1.82, 2.24) is 19.7 Å². The van der Waals surface area contributed by atoms with E-state index in [-0.39, 0.29) is 5.69 Å². The zero-order valence-electron chi connectivity index (χ0n) is 15.0. The summed E-state index contributed by atoms with van der Waals surface area (Å²) in [4.78, 5) is 19.3. The van der Waals surface area contributed by atoms with Crippen LogP contribution in [-0.4, -0.2) is 19.7 Å². The van der Waals surface area contributed by atoms with Crippen molar-refractivity contribution in [1.29, 1.82) is 0 Å². The van der Waals surface area contributed by atoms with Gasteiger partial charge >= 0.3 is 5.69 Å². The molecule has 0 bridgehead atoms. The summed E-state index contributed by atoms with van der Waals surface area (Å²) in [5.41, 5.74) is 4.48. The second kappa shape index (κ2) is 5.87. The summed E-state index contributed by atoms with van der Waals surface area (Å²) in [5.74, 6) is 1.91. The van der Waals surface area contributed by atoms with E-state index in [4.69, 9.17) is 9.26 Å². The molecule has 1 aromatic carbocycles. The first-order chi connectivity index (χ1) is 12.5. The Bertz CT molecular complexity index is 1160. The third-order valence-corrected chi connectivity index (χ3v) is 4.46. The van der Waals surface area contributed by atoms with Crippen molar-refractivity contribution in [2.24, 2.45) is 7.05 Å². The van der Waals surface area contributed by atoms with Gasteiger partial charge in [0, 0.05) is 18.8 Å². The number of nitrogens with one attached hydrogen (secondary N) is 1. The number of hydrogen-bond donors (Lipinski definition) is 1. The molecule has 0 amide bonds. The molecule has 7 nitrogen and oxygen atoms in total. The number of aromatic nitrogens is 4. The molecule has 0 radical (unpaired) electrons. The third kappa shape index (κ3) is 2.48. The van der Waals surface area contributed by atoms with Gasteiger partial charge in [0.15, 0.2) is 5.75 Å². The van der Waals surface area contributed by atoms with Crippen molar-refractivity contribution in [3.63, 3.8) is 0 Å². The molecule has 0 aliphatic heterocycles. The Morgan fingerprint density at radius 2 is 1.96 bits per heavy atom. The standard InChI is InChI=1S/C19H18N4O3/c1-10-15(6-5-7-20-10)25-16-9-13(17-11(2)22-26-12(17)3)8-14-18(16)23(4)19(24)21-14/h5-9H,1-4H3,(H,21,24). The average Bonchev–Trinajstić information content (AvgIpc) is 3.09. The van der Waals surface area contributed by atoms with E-state index in [2.05, 4.69) is 15.1 Å². The lowest BCUT2D eigenvalue weighted by atomic mass is 10.0. The lowest BCUT2D eigenvalue weighted by molar-refractivity contribution is 0.393. The monoisotopic (exact) mass is 350 g/mol. The molecule has 3 aromatic heterocycles. The molecular weight excluding hydrogens is 332 g/mol. The van der Waals surface area contributed by atoms with Crippen molar-refractivity contribution >= 4 is 11.0 Å². The van der Waals surface area contributed by atoms with E-state index in [1.807, 2.05) is 45.0 Å². The molecule has 3 heterocycles. The van der Waals surface area contributed by atoms with Gasteiger partial charge in [-0.15, -0.1) is 0 Å². The SMILES string of the molecule is Cc1ncccc1Oc1cc(-c2c(C)noc2C)cc2[nH]c(=O)n(C)c12. The van der Waals surface area contributed by atoms with E-state index in [0.29, 0.717) is 28.3 Å². The van der Waals surface area contributed by atoms with Crippen LogP contribution in [0.5, 0.6) is 11.5 Å². The zero-order chi connectivity index (χ0) is 18.4. The van der Waals surface area contributed by atoms with Crippen LogP contribution in [0.15, 0.2) is 39.8 Å². The van der Waals surface area contributed by atoms with Crippen LogP contribution in [0.25, 0.3) is 22.2 Å². The first-order valence-electron chi connectivity index (χ1n) is 8.21. The summed E-state index contributed by atoms with van der Waals surface area (Å²) in [6.07, 6.45) is 1.71. The number of hydrogen-bond acceptors (Lipinski definition) is 5. The van der Waals surface area contributed by atoms with Crippen LogP contribution in [0, 0.1) is 20.8 Å². The molecular formula is C19H18N4O3. The summed E-state index contributed by atoms with van der Waals surface area (Å²) in [6.45, 7) is 5.62. The molecule has 0 unspecified atom stereocenters. The van der Waals surface area contributed by atoms with E-state index in [9.17, 15) is 4.79 Å². The maximum absolute atomic E-state index is 12.2. The first kappa shape index (κ1) is 16.1. The van der Waals surface area contributed by atoms with Gasteiger partial charge in [-0.25, -0.2) is 4.79 Å². The molecule has 132 valence electrons. The van der Waals surface area contributed by atoms with Crippen LogP contribution in [0.1, 0.15) is 17.1 Å². The fourth-order valence-electron chi connectivity index (χ4n) is 3.16. The van der Waals surface area contributed by atoms with Crippen molar-refractivity contribution in [3.8, 4) is 22.6 Å². The van der Waals surface area contributed by atoms with Crippen LogP contribution in [-0.2, 0) is 7.05 Å². The Morgan fingerprint density at radius 1 is 1.15 bits per heavy atom. The number of nitrogens with zero attached hydrogens (tertiary/aromatic N) is 3. The van der Waals surface area contributed by atoms with Crippen LogP contribution in [0.3, 0.4) is 0 Å². The van der Waals surface area contributed by atoms with Gasteiger partial charge in [0.1, 0.15) is 17.0 Å². The number of aryl methyl sites for hydroxylation is 4. The molecule has 4 rings (SSSR count). The summed E-state index contributed by atoms with van der Waals surface area (Å²) in [6, 6.07) is 7.47. The number of fused-ring (bicyclic) bond motifs is 1. The van der Waals surface area contributed by atoms with Crippen molar-refractivity contribution in [2.75, 3.05) is 0 Å². The van der Waals surface area contributed by atoms with Crippen molar-refractivity contribution < 1.29 is 9.26 Å². The van der Waals surface area contributed by atoms with Gasteiger partial charge in [-0.3, -0.25) is 9.55 Å². The molecule has 0 fully saturated rings. The molecule has 0 aliphatic carbocycles. The summed E-state index contributed by atoms with van der Waals surface area (Å²) < 4.78 is 13.0.